The molecule has 1 atom stereocenters. The van der Waals surface area contributed by atoms with Gasteiger partial charge in [-0.05, 0) is 49.6 Å². The van der Waals surface area contributed by atoms with E-state index in [9.17, 15) is 23.5 Å². The van der Waals surface area contributed by atoms with Gasteiger partial charge in [0, 0.05) is 58.1 Å². The van der Waals surface area contributed by atoms with E-state index in [0.29, 0.717) is 29.2 Å². The minimum Gasteiger partial charge on any atom is -0.380 e. The summed E-state index contributed by atoms with van der Waals surface area (Å²) in [4.78, 5) is 30.6. The molecule has 2 aliphatic heterocycles. The molecule has 11 heteroatoms. The van der Waals surface area contributed by atoms with Crippen LogP contribution in [0.2, 0.25) is 10.0 Å². The predicted molar refractivity (Wildman–Crippen MR) is 139 cm³/mol. The molecule has 2 N–H and O–H groups in total. The molecule has 0 aromatic heterocycles. The van der Waals surface area contributed by atoms with Crippen LogP contribution < -0.4 is 5.32 Å². The molecule has 7 nitrogen and oxygen atoms in total. The van der Waals surface area contributed by atoms with Gasteiger partial charge in [0.25, 0.3) is 11.8 Å². The number of carbonyl (C=O) groups excluding carboxylic acids is 2. The minimum absolute atomic E-state index is 0.104. The van der Waals surface area contributed by atoms with Crippen molar-refractivity contribution in [2.24, 2.45) is 0 Å². The second-order valence-corrected chi connectivity index (χ2v) is 10.9. The Labute approximate surface area is 224 Å². The van der Waals surface area contributed by atoms with Gasteiger partial charge in [-0.3, -0.25) is 14.5 Å². The van der Waals surface area contributed by atoms with Gasteiger partial charge < -0.3 is 20.2 Å². The quantitative estimate of drug-likeness (QED) is 0.565. The number of likely N-dealkylation sites (tertiary alicyclic amines) is 2. The van der Waals surface area contributed by atoms with Crippen LogP contribution in [0.3, 0.4) is 0 Å². The third-order valence-electron chi connectivity index (χ3n) is 7.05. The first-order chi connectivity index (χ1) is 17.4. The monoisotopic (exact) mass is 554 g/mol. The van der Waals surface area contributed by atoms with Gasteiger partial charge in [0.1, 0.15) is 11.6 Å². The number of amides is 2. The lowest BCUT2D eigenvalue weighted by atomic mass is 9.91. The highest BCUT2D eigenvalue weighted by Crippen LogP contribution is 2.32. The predicted octanol–water partition coefficient (Wildman–Crippen LogP) is 3.97. The molecule has 2 fully saturated rings. The maximum atomic E-state index is 13.6. The van der Waals surface area contributed by atoms with Gasteiger partial charge in [0.05, 0.1) is 21.7 Å². The Morgan fingerprint density at radius 1 is 1.03 bits per heavy atom. The Balaban J connectivity index is 1.29. The first kappa shape index (κ1) is 27.6. The van der Waals surface area contributed by atoms with E-state index in [1.165, 1.54) is 11.8 Å². The number of nitrogens with one attached hydrogen (secondary N) is 1. The zero-order chi connectivity index (χ0) is 27.1. The average Bonchev–Trinajstić information content (AvgIpc) is 2.79. The largest absolute Gasteiger partial charge is 0.380 e. The lowest BCUT2D eigenvalue weighted by Crippen LogP contribution is -2.61. The van der Waals surface area contributed by atoms with Gasteiger partial charge in [-0.25, -0.2) is 8.78 Å². The van der Waals surface area contributed by atoms with Crippen LogP contribution in [-0.4, -0.2) is 84.0 Å². The van der Waals surface area contributed by atoms with Crippen LogP contribution >= 0.6 is 23.2 Å². The first-order valence-electron chi connectivity index (χ1n) is 12.1. The number of carbonyl (C=O) groups is 2. The summed E-state index contributed by atoms with van der Waals surface area (Å²) < 4.78 is 27.2. The number of piperidine rings is 1. The van der Waals surface area contributed by atoms with Crippen molar-refractivity contribution in [3.05, 3.63) is 63.1 Å². The molecule has 0 unspecified atom stereocenters. The second kappa shape index (κ2) is 10.7. The molecule has 0 aliphatic carbocycles. The van der Waals surface area contributed by atoms with Crippen LogP contribution in [0.1, 0.15) is 35.7 Å². The number of rotatable bonds is 6. The number of halogens is 4. The van der Waals surface area contributed by atoms with Gasteiger partial charge in [0.2, 0.25) is 0 Å². The maximum absolute atomic E-state index is 13.6. The zero-order valence-electron chi connectivity index (χ0n) is 20.9. The van der Waals surface area contributed by atoms with Crippen LogP contribution in [0, 0.1) is 11.6 Å². The van der Waals surface area contributed by atoms with Crippen molar-refractivity contribution in [3.8, 4) is 0 Å². The fourth-order valence-electron chi connectivity index (χ4n) is 4.92. The lowest BCUT2D eigenvalue weighted by Gasteiger charge is -2.48. The zero-order valence-corrected chi connectivity index (χ0v) is 22.4. The van der Waals surface area contributed by atoms with Gasteiger partial charge in [-0.2, -0.15) is 0 Å². The summed E-state index contributed by atoms with van der Waals surface area (Å²) in [6.45, 7) is 3.75. The molecule has 0 bridgehead atoms. The summed E-state index contributed by atoms with van der Waals surface area (Å²) in [5.41, 5.74) is -1.10. The maximum Gasteiger partial charge on any atom is 0.258 e. The van der Waals surface area contributed by atoms with E-state index in [-0.39, 0.29) is 29.1 Å². The van der Waals surface area contributed by atoms with Gasteiger partial charge >= 0.3 is 0 Å². The van der Waals surface area contributed by atoms with Crippen molar-refractivity contribution in [3.63, 3.8) is 0 Å². The fraction of sp³-hybridized carbons (Fsp3) is 0.462. The molecule has 2 aromatic carbocycles. The summed E-state index contributed by atoms with van der Waals surface area (Å²) in [5.74, 6) is -2.51. The molecule has 4 rings (SSSR count). The normalized spacial score (nSPS) is 18.8. The first-order valence-corrected chi connectivity index (χ1v) is 12.8. The molecule has 2 saturated heterocycles. The summed E-state index contributed by atoms with van der Waals surface area (Å²) in [7, 11) is 3.27. The summed E-state index contributed by atoms with van der Waals surface area (Å²) in [6, 6.07) is 6.54. The third kappa shape index (κ3) is 5.85. The van der Waals surface area contributed by atoms with E-state index in [2.05, 4.69) is 10.2 Å². The molecule has 2 aromatic rings. The van der Waals surface area contributed by atoms with Crippen molar-refractivity contribution in [1.82, 2.24) is 14.7 Å². The van der Waals surface area contributed by atoms with Crippen molar-refractivity contribution >= 4 is 40.7 Å². The molecule has 2 amide bonds. The Morgan fingerprint density at radius 3 is 2.08 bits per heavy atom. The molecule has 0 radical (unpaired) electrons. The number of hydrogen-bond donors (Lipinski definition) is 2. The Hall–Kier alpha value is -2.46. The van der Waals surface area contributed by atoms with Crippen LogP contribution in [0.25, 0.3) is 0 Å². The van der Waals surface area contributed by atoms with Crippen molar-refractivity contribution < 1.29 is 23.5 Å². The number of anilines is 1. The summed E-state index contributed by atoms with van der Waals surface area (Å²) in [6.07, 6.45) is 1.45. The Bertz CT molecular complexity index is 1150. The Kier molecular flexibility index (Phi) is 7.99. The number of hydrogen-bond acceptors (Lipinski definition) is 5. The Morgan fingerprint density at radius 2 is 1.57 bits per heavy atom. The van der Waals surface area contributed by atoms with Crippen LogP contribution in [-0.2, 0) is 10.4 Å². The van der Waals surface area contributed by atoms with E-state index < -0.39 is 23.1 Å². The van der Waals surface area contributed by atoms with Crippen LogP contribution in [0.4, 0.5) is 14.5 Å². The summed E-state index contributed by atoms with van der Waals surface area (Å²) >= 11 is 12.6. The van der Waals surface area contributed by atoms with Crippen LogP contribution in [0.5, 0.6) is 0 Å². The van der Waals surface area contributed by atoms with E-state index >= 15 is 0 Å². The average molecular weight is 555 g/mol. The standard InChI is InChI=1S/C26H30Cl2F2N4O3/c1-26(37,15-8-16(29)10-17(30)9-15)25(36)33-6-4-20(5-7-33)34-13-19(14-34)31-18-11-21(27)23(22(28)12-18)24(35)32(2)3/h8-12,19-20,31,37H,4-7,13-14H2,1-3H3/t26-/m0/s1. The van der Waals surface area contributed by atoms with Gasteiger partial charge in [-0.1, -0.05) is 23.2 Å². The van der Waals surface area contributed by atoms with Crippen molar-refractivity contribution in [1.29, 1.82) is 0 Å². The highest BCUT2D eigenvalue weighted by atomic mass is 35.5. The molecule has 37 heavy (non-hydrogen) atoms. The smallest absolute Gasteiger partial charge is 0.258 e. The van der Waals surface area contributed by atoms with Gasteiger partial charge in [-0.15, -0.1) is 0 Å². The van der Waals surface area contributed by atoms with E-state index in [1.807, 2.05) is 0 Å². The highest BCUT2D eigenvalue weighted by Gasteiger charge is 2.40. The third-order valence-corrected chi connectivity index (χ3v) is 7.65. The second-order valence-electron chi connectivity index (χ2n) is 10.1. The molecular weight excluding hydrogens is 525 g/mol. The van der Waals surface area contributed by atoms with E-state index in [1.54, 1.807) is 31.1 Å². The number of nitrogens with zero attached hydrogens (tertiary/aromatic N) is 3. The van der Waals surface area contributed by atoms with Crippen molar-refractivity contribution in [2.45, 2.75) is 37.5 Å². The topological polar surface area (TPSA) is 76.1 Å². The molecule has 2 heterocycles. The van der Waals surface area contributed by atoms with Crippen LogP contribution in [0.15, 0.2) is 30.3 Å². The van der Waals surface area contributed by atoms with E-state index in [0.717, 1.165) is 43.8 Å². The van der Waals surface area contributed by atoms with Crippen molar-refractivity contribution in [2.75, 3.05) is 45.6 Å². The molecule has 0 spiro atoms. The summed E-state index contributed by atoms with van der Waals surface area (Å²) in [5, 5.41) is 14.8. The lowest BCUT2D eigenvalue weighted by molar-refractivity contribution is -0.152. The minimum atomic E-state index is -2.02. The van der Waals surface area contributed by atoms with E-state index in [4.69, 9.17) is 23.2 Å². The molecule has 200 valence electrons. The molecular formula is C26H30Cl2F2N4O3. The number of aliphatic hydroxyl groups is 1. The number of benzene rings is 2. The highest BCUT2D eigenvalue weighted by molar-refractivity contribution is 6.40. The van der Waals surface area contributed by atoms with Gasteiger partial charge in [0.15, 0.2) is 5.60 Å². The SMILES string of the molecule is CN(C)C(=O)c1c(Cl)cc(NC2CN(C3CCN(C(=O)[C@@](C)(O)c4cc(F)cc(F)c4)CC3)C2)cc1Cl. The fourth-order valence-corrected chi connectivity index (χ4v) is 5.57. The molecule has 0 saturated carbocycles. The molecule has 2 aliphatic rings.